The zero-order chi connectivity index (χ0) is 11.7. The summed E-state index contributed by atoms with van der Waals surface area (Å²) in [4.78, 5) is 6.62. The summed E-state index contributed by atoms with van der Waals surface area (Å²) < 4.78 is 5.93. The molecule has 0 bridgehead atoms. The summed E-state index contributed by atoms with van der Waals surface area (Å²) in [6.45, 7) is 5.61. The Hall–Kier alpha value is -0.930. The third-order valence-electron chi connectivity index (χ3n) is 3.95. The average Bonchev–Trinajstić information content (AvgIpc) is 2.70. The van der Waals surface area contributed by atoms with Crippen molar-refractivity contribution < 1.29 is 4.74 Å². The summed E-state index contributed by atoms with van der Waals surface area (Å²) >= 11 is 0. The van der Waals surface area contributed by atoms with Crippen LogP contribution in [0.1, 0.15) is 25.3 Å². The maximum absolute atomic E-state index is 5.93. The first-order chi connectivity index (χ1) is 8.31. The van der Waals surface area contributed by atoms with Gasteiger partial charge in [0.05, 0.1) is 12.2 Å². The van der Waals surface area contributed by atoms with Crippen molar-refractivity contribution >= 4 is 0 Å². The number of hydrogen-bond acceptors (Lipinski definition) is 3. The minimum atomic E-state index is 0.464. The Balaban J connectivity index is 1.60. The standard InChI is InChI=1S/C14H20N2O/c1-11-8-13-10-16(7-4-14(13)17-11)9-12-2-5-15-6-3-12/h2-3,5-6,11,13-14H,4,7-10H2,1H3/t11-,13-,14+/m1/s1. The summed E-state index contributed by atoms with van der Waals surface area (Å²) in [5, 5.41) is 0. The quantitative estimate of drug-likeness (QED) is 0.780. The predicted molar refractivity (Wildman–Crippen MR) is 66.6 cm³/mol. The van der Waals surface area contributed by atoms with Gasteiger partial charge in [-0.15, -0.1) is 0 Å². The molecular formula is C14H20N2O. The Morgan fingerprint density at radius 2 is 2.24 bits per heavy atom. The highest BCUT2D eigenvalue weighted by molar-refractivity contribution is 5.09. The molecule has 0 spiro atoms. The van der Waals surface area contributed by atoms with Crippen LogP contribution < -0.4 is 0 Å². The molecule has 2 aliphatic heterocycles. The Bertz CT molecular complexity index is 368. The molecule has 3 heteroatoms. The van der Waals surface area contributed by atoms with Crippen molar-refractivity contribution in [1.82, 2.24) is 9.88 Å². The first-order valence-electron chi connectivity index (χ1n) is 6.58. The van der Waals surface area contributed by atoms with Crippen molar-refractivity contribution in [1.29, 1.82) is 0 Å². The monoisotopic (exact) mass is 232 g/mol. The third-order valence-corrected chi connectivity index (χ3v) is 3.95. The van der Waals surface area contributed by atoms with E-state index in [-0.39, 0.29) is 0 Å². The largest absolute Gasteiger partial charge is 0.375 e. The fraction of sp³-hybridized carbons (Fsp3) is 0.643. The zero-order valence-electron chi connectivity index (χ0n) is 10.4. The molecule has 0 aromatic carbocycles. The van der Waals surface area contributed by atoms with Gasteiger partial charge in [-0.25, -0.2) is 0 Å². The fourth-order valence-electron chi connectivity index (χ4n) is 3.16. The number of ether oxygens (including phenoxy) is 1. The van der Waals surface area contributed by atoms with Crippen LogP contribution in [0.15, 0.2) is 24.5 Å². The minimum absolute atomic E-state index is 0.464. The smallest absolute Gasteiger partial charge is 0.0632 e. The van der Waals surface area contributed by atoms with Crippen LogP contribution in [-0.4, -0.2) is 35.2 Å². The highest BCUT2D eigenvalue weighted by Gasteiger charge is 2.36. The van der Waals surface area contributed by atoms with Crippen LogP contribution in [-0.2, 0) is 11.3 Å². The lowest BCUT2D eigenvalue weighted by Gasteiger charge is -2.34. The van der Waals surface area contributed by atoms with E-state index in [2.05, 4.69) is 28.9 Å². The molecule has 0 amide bonds. The van der Waals surface area contributed by atoms with Crippen LogP contribution in [0.5, 0.6) is 0 Å². The van der Waals surface area contributed by atoms with E-state index in [4.69, 9.17) is 4.74 Å². The molecule has 92 valence electrons. The molecular weight excluding hydrogens is 212 g/mol. The highest BCUT2D eigenvalue weighted by atomic mass is 16.5. The fourth-order valence-corrected chi connectivity index (χ4v) is 3.16. The van der Waals surface area contributed by atoms with E-state index in [0.29, 0.717) is 12.2 Å². The molecule has 3 atom stereocenters. The van der Waals surface area contributed by atoms with Gasteiger partial charge in [0.25, 0.3) is 0 Å². The summed E-state index contributed by atoms with van der Waals surface area (Å²) in [5.41, 5.74) is 1.37. The number of nitrogens with zero attached hydrogens (tertiary/aromatic N) is 2. The molecule has 0 unspecified atom stereocenters. The molecule has 2 aliphatic rings. The lowest BCUT2D eigenvalue weighted by atomic mass is 9.93. The van der Waals surface area contributed by atoms with Crippen molar-refractivity contribution in [3.05, 3.63) is 30.1 Å². The van der Waals surface area contributed by atoms with Crippen molar-refractivity contribution in [2.45, 2.75) is 38.5 Å². The predicted octanol–water partition coefficient (Wildman–Crippen LogP) is 2.08. The maximum Gasteiger partial charge on any atom is 0.0632 e. The lowest BCUT2D eigenvalue weighted by Crippen LogP contribution is -2.40. The SMILES string of the molecule is C[C@@H]1C[C@@H]2CN(Cc3ccncc3)CC[C@@H]2O1. The lowest BCUT2D eigenvalue weighted by molar-refractivity contribution is 0.00584. The Labute approximate surface area is 103 Å². The van der Waals surface area contributed by atoms with Gasteiger partial charge in [0, 0.05) is 37.9 Å². The van der Waals surface area contributed by atoms with Gasteiger partial charge in [-0.3, -0.25) is 9.88 Å². The number of pyridine rings is 1. The third kappa shape index (κ3) is 2.50. The van der Waals surface area contributed by atoms with Crippen molar-refractivity contribution in [2.75, 3.05) is 13.1 Å². The maximum atomic E-state index is 5.93. The summed E-state index contributed by atoms with van der Waals surface area (Å²) in [5.74, 6) is 0.751. The first-order valence-corrected chi connectivity index (χ1v) is 6.58. The topological polar surface area (TPSA) is 25.4 Å². The van der Waals surface area contributed by atoms with E-state index >= 15 is 0 Å². The summed E-state index contributed by atoms with van der Waals surface area (Å²) in [6.07, 6.45) is 7.17. The first kappa shape index (κ1) is 11.2. The van der Waals surface area contributed by atoms with Crippen LogP contribution in [0.2, 0.25) is 0 Å². The van der Waals surface area contributed by atoms with E-state index < -0.39 is 0 Å². The number of piperidine rings is 1. The zero-order valence-corrected chi connectivity index (χ0v) is 10.4. The minimum Gasteiger partial charge on any atom is -0.375 e. The van der Waals surface area contributed by atoms with Gasteiger partial charge in [-0.1, -0.05) is 0 Å². The number of likely N-dealkylation sites (tertiary alicyclic amines) is 1. The van der Waals surface area contributed by atoms with Gasteiger partial charge in [-0.05, 0) is 37.5 Å². The van der Waals surface area contributed by atoms with Gasteiger partial charge in [0.1, 0.15) is 0 Å². The van der Waals surface area contributed by atoms with Crippen LogP contribution in [0.3, 0.4) is 0 Å². The molecule has 3 heterocycles. The van der Waals surface area contributed by atoms with Gasteiger partial charge in [0.15, 0.2) is 0 Å². The van der Waals surface area contributed by atoms with Crippen molar-refractivity contribution in [3.63, 3.8) is 0 Å². The second-order valence-electron chi connectivity index (χ2n) is 5.36. The van der Waals surface area contributed by atoms with E-state index in [1.807, 2.05) is 12.4 Å². The van der Waals surface area contributed by atoms with Crippen molar-refractivity contribution in [2.24, 2.45) is 5.92 Å². The second kappa shape index (κ2) is 4.75. The normalized spacial score (nSPS) is 33.6. The van der Waals surface area contributed by atoms with Crippen LogP contribution in [0, 0.1) is 5.92 Å². The number of hydrogen-bond donors (Lipinski definition) is 0. The Kier molecular flexibility index (Phi) is 3.12. The molecule has 0 saturated carbocycles. The summed E-state index contributed by atoms with van der Waals surface area (Å²) in [6, 6.07) is 4.22. The molecule has 2 saturated heterocycles. The summed E-state index contributed by atoms with van der Waals surface area (Å²) in [7, 11) is 0. The molecule has 3 rings (SSSR count). The molecule has 0 N–H and O–H groups in total. The molecule has 1 aromatic heterocycles. The van der Waals surface area contributed by atoms with E-state index in [1.54, 1.807) is 0 Å². The number of fused-ring (bicyclic) bond motifs is 1. The molecule has 1 aromatic rings. The average molecular weight is 232 g/mol. The van der Waals surface area contributed by atoms with Crippen molar-refractivity contribution in [3.8, 4) is 0 Å². The molecule has 2 fully saturated rings. The second-order valence-corrected chi connectivity index (χ2v) is 5.36. The van der Waals surface area contributed by atoms with Crippen LogP contribution in [0.4, 0.5) is 0 Å². The molecule has 0 aliphatic carbocycles. The molecule has 17 heavy (non-hydrogen) atoms. The van der Waals surface area contributed by atoms with E-state index in [9.17, 15) is 0 Å². The van der Waals surface area contributed by atoms with E-state index in [0.717, 1.165) is 19.0 Å². The van der Waals surface area contributed by atoms with E-state index in [1.165, 1.54) is 24.9 Å². The van der Waals surface area contributed by atoms with Crippen LogP contribution in [0.25, 0.3) is 0 Å². The van der Waals surface area contributed by atoms with Gasteiger partial charge in [0.2, 0.25) is 0 Å². The molecule has 0 radical (unpaired) electrons. The Morgan fingerprint density at radius 1 is 1.41 bits per heavy atom. The number of rotatable bonds is 2. The molecule has 3 nitrogen and oxygen atoms in total. The van der Waals surface area contributed by atoms with Gasteiger partial charge < -0.3 is 4.74 Å². The Morgan fingerprint density at radius 3 is 3.06 bits per heavy atom. The van der Waals surface area contributed by atoms with Crippen LogP contribution >= 0.6 is 0 Å². The highest BCUT2D eigenvalue weighted by Crippen LogP contribution is 2.32. The van der Waals surface area contributed by atoms with Gasteiger partial charge in [-0.2, -0.15) is 0 Å². The van der Waals surface area contributed by atoms with Gasteiger partial charge >= 0.3 is 0 Å². The number of aromatic nitrogens is 1.